The molecule has 220 valence electrons. The lowest BCUT2D eigenvalue weighted by Gasteiger charge is -2.58. The zero-order valence-corrected chi connectivity index (χ0v) is 22.3. The quantitative estimate of drug-likeness (QED) is 0.219. The van der Waals surface area contributed by atoms with Crippen LogP contribution in [-0.4, -0.2) is 111 Å². The molecule has 0 amide bonds. The largest absolute Gasteiger partial charge is 0.392 e. The molecule has 4 aliphatic carbocycles. The van der Waals surface area contributed by atoms with Crippen molar-refractivity contribution in [2.75, 3.05) is 13.7 Å². The number of fused-ring (bicyclic) bond motifs is 3. The van der Waals surface area contributed by atoms with Crippen LogP contribution >= 0.6 is 0 Å². The van der Waals surface area contributed by atoms with Crippen LogP contribution in [0.2, 0.25) is 0 Å². The lowest BCUT2D eigenvalue weighted by molar-refractivity contribution is -0.279. The molecular weight excluding hydrogens is 514 g/mol. The molecule has 1 aliphatic heterocycles. The van der Waals surface area contributed by atoms with Crippen molar-refractivity contribution in [2.45, 2.75) is 100 Å². The van der Waals surface area contributed by atoms with Crippen molar-refractivity contribution in [3.8, 4) is 0 Å². The van der Waals surface area contributed by atoms with Gasteiger partial charge in [-0.15, -0.1) is 0 Å². The molecule has 1 saturated heterocycles. The van der Waals surface area contributed by atoms with Crippen LogP contribution in [0.3, 0.4) is 0 Å². The molecule has 12 heteroatoms. The van der Waals surface area contributed by atoms with Crippen LogP contribution in [0, 0.1) is 35.5 Å². The Balaban J connectivity index is 1.50. The van der Waals surface area contributed by atoms with Crippen LogP contribution in [0.25, 0.3) is 0 Å². The number of nitrogens with two attached hydrogens (primary N) is 1. The zero-order valence-electron chi connectivity index (χ0n) is 22.3. The lowest BCUT2D eigenvalue weighted by atomic mass is 9.49. The first-order chi connectivity index (χ1) is 18.4. The number of carbonyl (C=O) groups excluding carboxylic acids is 3. The standard InChI is InChI=1S/C27H41NO11/c1-10-22(31)13(28)6-17(38-10)39-15-8-27(36,16(30)9-29)7-12-19(15)26(35)21-20(24(12)33)23(32)11-4-3-5-14(37-2)18(11)25(21)34/h10-15,17-22,24,26,29,31,33,35-36H,3-9,28H2,1-2H3/t10-,11?,12?,13-,14?,15-,17-,18?,19?,20?,21?,22-,24?,26?,27+/m0/s1. The molecule has 0 aromatic rings. The molecule has 4 saturated carbocycles. The van der Waals surface area contributed by atoms with E-state index >= 15 is 0 Å². The van der Waals surface area contributed by atoms with Gasteiger partial charge in [-0.1, -0.05) is 6.42 Å². The number of rotatable bonds is 5. The fraction of sp³-hybridized carbons (Fsp3) is 0.889. The summed E-state index contributed by atoms with van der Waals surface area (Å²) >= 11 is 0. The van der Waals surface area contributed by atoms with Gasteiger partial charge < -0.3 is 45.5 Å². The van der Waals surface area contributed by atoms with Crippen LogP contribution in [0.4, 0.5) is 0 Å². The third-order valence-corrected chi connectivity index (χ3v) is 10.2. The van der Waals surface area contributed by atoms with E-state index in [0.29, 0.717) is 19.3 Å². The van der Waals surface area contributed by atoms with Gasteiger partial charge in [0.1, 0.15) is 23.8 Å². The number of methoxy groups -OCH3 is 1. The van der Waals surface area contributed by atoms with Gasteiger partial charge in [-0.25, -0.2) is 0 Å². The first kappa shape index (κ1) is 29.2. The van der Waals surface area contributed by atoms with Gasteiger partial charge in [-0.3, -0.25) is 14.4 Å². The molecule has 5 fully saturated rings. The van der Waals surface area contributed by atoms with Gasteiger partial charge in [0.2, 0.25) is 0 Å². The molecular formula is C27H41NO11. The third kappa shape index (κ3) is 4.71. The van der Waals surface area contributed by atoms with E-state index in [1.165, 1.54) is 7.11 Å². The van der Waals surface area contributed by atoms with Crippen LogP contribution in [-0.2, 0) is 28.6 Å². The lowest BCUT2D eigenvalue weighted by Crippen LogP contribution is -2.69. The number of hydrogen-bond acceptors (Lipinski definition) is 12. The summed E-state index contributed by atoms with van der Waals surface area (Å²) in [5.41, 5.74) is 3.96. The van der Waals surface area contributed by atoms with Gasteiger partial charge in [-0.05, 0) is 32.1 Å². The second kappa shape index (κ2) is 10.8. The Hall–Kier alpha value is -1.35. The molecule has 1 heterocycles. The highest BCUT2D eigenvalue weighted by molar-refractivity contribution is 6.01. The number of carbonyl (C=O) groups is 3. The highest BCUT2D eigenvalue weighted by Gasteiger charge is 2.66. The smallest absolute Gasteiger partial charge is 0.189 e. The van der Waals surface area contributed by atoms with Crippen molar-refractivity contribution in [1.82, 2.24) is 0 Å². The van der Waals surface area contributed by atoms with E-state index in [9.17, 15) is 39.9 Å². The molecule has 0 aromatic heterocycles. The first-order valence-corrected chi connectivity index (χ1v) is 14.0. The molecule has 7 N–H and O–H groups in total. The topological polar surface area (TPSA) is 206 Å². The fourth-order valence-corrected chi connectivity index (χ4v) is 8.27. The van der Waals surface area contributed by atoms with Crippen LogP contribution in [0.15, 0.2) is 0 Å². The van der Waals surface area contributed by atoms with Crippen LogP contribution < -0.4 is 5.73 Å². The summed E-state index contributed by atoms with van der Waals surface area (Å²) < 4.78 is 17.5. The van der Waals surface area contributed by atoms with E-state index in [-0.39, 0.29) is 30.8 Å². The van der Waals surface area contributed by atoms with E-state index in [1.54, 1.807) is 6.92 Å². The summed E-state index contributed by atoms with van der Waals surface area (Å²) in [5.74, 6) is -7.11. The van der Waals surface area contributed by atoms with Crippen molar-refractivity contribution < 1.29 is 54.1 Å². The SMILES string of the molecule is COC1CCCC2C(=O)C3C(O)C4C[C@](O)(C(=O)CO)C[C@H](O[C@H]5C[C@H](N)[C@@H](O)[C@H](C)O5)C4C(O)C3C(=O)C12. The molecule has 15 atom stereocenters. The van der Waals surface area contributed by atoms with Crippen molar-refractivity contribution >= 4 is 17.3 Å². The van der Waals surface area contributed by atoms with Crippen molar-refractivity contribution in [3.05, 3.63) is 0 Å². The average Bonchev–Trinajstić information content (AvgIpc) is 2.90. The summed E-state index contributed by atoms with van der Waals surface area (Å²) in [6.45, 7) is 0.678. The van der Waals surface area contributed by atoms with E-state index in [0.717, 1.165) is 0 Å². The molecule has 5 aliphatic rings. The minimum Gasteiger partial charge on any atom is -0.392 e. The fourth-order valence-electron chi connectivity index (χ4n) is 8.27. The summed E-state index contributed by atoms with van der Waals surface area (Å²) in [6, 6.07) is -0.672. The maximum Gasteiger partial charge on any atom is 0.189 e. The van der Waals surface area contributed by atoms with E-state index in [4.69, 9.17) is 19.9 Å². The maximum absolute atomic E-state index is 13.9. The molecule has 5 rings (SSSR count). The number of aliphatic hydroxyl groups excluding tert-OH is 4. The van der Waals surface area contributed by atoms with Gasteiger partial charge in [0.25, 0.3) is 0 Å². The number of ether oxygens (including phenoxy) is 3. The molecule has 39 heavy (non-hydrogen) atoms. The van der Waals surface area contributed by atoms with Crippen molar-refractivity contribution in [3.63, 3.8) is 0 Å². The van der Waals surface area contributed by atoms with Crippen molar-refractivity contribution in [2.24, 2.45) is 41.2 Å². The molecule has 9 unspecified atom stereocenters. The summed E-state index contributed by atoms with van der Waals surface area (Å²) in [5, 5.41) is 54.4. The summed E-state index contributed by atoms with van der Waals surface area (Å²) in [7, 11) is 1.50. The normalized spacial score (nSPS) is 52.0. The Morgan fingerprint density at radius 3 is 2.36 bits per heavy atom. The van der Waals surface area contributed by atoms with E-state index in [1.807, 2.05) is 0 Å². The molecule has 0 aromatic carbocycles. The second-order valence-corrected chi connectivity index (χ2v) is 12.3. The minimum absolute atomic E-state index is 0.0904. The Labute approximate surface area is 226 Å². The van der Waals surface area contributed by atoms with E-state index < -0.39 is 102 Å². The number of hydrogen-bond donors (Lipinski definition) is 6. The molecule has 0 radical (unpaired) electrons. The minimum atomic E-state index is -2.09. The molecule has 0 spiro atoms. The number of Topliss-reactive ketones (excluding diaryl/α,β-unsaturated/α-hetero) is 3. The van der Waals surface area contributed by atoms with Gasteiger partial charge in [0.15, 0.2) is 12.1 Å². The average molecular weight is 556 g/mol. The van der Waals surface area contributed by atoms with Crippen LogP contribution in [0.5, 0.6) is 0 Å². The highest BCUT2D eigenvalue weighted by Crippen LogP contribution is 2.55. The van der Waals surface area contributed by atoms with Crippen LogP contribution in [0.1, 0.15) is 45.4 Å². The second-order valence-electron chi connectivity index (χ2n) is 12.3. The Morgan fingerprint density at radius 1 is 1.03 bits per heavy atom. The predicted octanol–water partition coefficient (Wildman–Crippen LogP) is -1.94. The predicted molar refractivity (Wildman–Crippen MR) is 132 cm³/mol. The third-order valence-electron chi connectivity index (χ3n) is 10.2. The van der Waals surface area contributed by atoms with Gasteiger partial charge in [0, 0.05) is 37.8 Å². The van der Waals surface area contributed by atoms with Crippen molar-refractivity contribution in [1.29, 1.82) is 0 Å². The van der Waals surface area contributed by atoms with Gasteiger partial charge in [0.05, 0.1) is 54.4 Å². The number of ketones is 3. The van der Waals surface area contributed by atoms with Gasteiger partial charge >= 0.3 is 0 Å². The zero-order chi connectivity index (χ0) is 28.4. The molecule has 0 bridgehead atoms. The molecule has 12 nitrogen and oxygen atoms in total. The maximum atomic E-state index is 13.9. The number of aliphatic hydroxyl groups is 5. The monoisotopic (exact) mass is 555 g/mol. The van der Waals surface area contributed by atoms with E-state index in [2.05, 4.69) is 0 Å². The highest BCUT2D eigenvalue weighted by atomic mass is 16.7. The first-order valence-electron chi connectivity index (χ1n) is 14.0. The Bertz CT molecular complexity index is 965. The summed E-state index contributed by atoms with van der Waals surface area (Å²) in [6.07, 6.45) is -5.68. The Morgan fingerprint density at radius 2 is 1.72 bits per heavy atom. The summed E-state index contributed by atoms with van der Waals surface area (Å²) in [4.78, 5) is 40.3. The van der Waals surface area contributed by atoms with Gasteiger partial charge in [-0.2, -0.15) is 0 Å². The Kier molecular flexibility index (Phi) is 8.08.